The highest BCUT2D eigenvalue weighted by Crippen LogP contribution is 2.37. The van der Waals surface area contributed by atoms with Crippen LogP contribution in [0, 0.1) is 5.41 Å². The number of nitrogens with zero attached hydrogens (tertiary/aromatic N) is 1. The Hall–Kier alpha value is 0.260. The number of hydrogen-bond donors (Lipinski definition) is 1. The van der Waals surface area contributed by atoms with Gasteiger partial charge in [0.25, 0.3) is 0 Å². The van der Waals surface area contributed by atoms with E-state index in [1.165, 1.54) is 38.5 Å². The van der Waals surface area contributed by atoms with Crippen LogP contribution >= 0.6 is 12.6 Å². The third kappa shape index (κ3) is 3.87. The zero-order valence-electron chi connectivity index (χ0n) is 11.1. The van der Waals surface area contributed by atoms with E-state index in [9.17, 15) is 8.42 Å². The number of rotatable bonds is 3. The molecule has 1 saturated carbocycles. The summed E-state index contributed by atoms with van der Waals surface area (Å²) < 4.78 is 22.9. The van der Waals surface area contributed by atoms with Crippen molar-refractivity contribution in [1.82, 2.24) is 4.90 Å². The maximum Gasteiger partial charge on any atom is 0.152 e. The van der Waals surface area contributed by atoms with E-state index in [2.05, 4.69) is 17.5 Å². The lowest BCUT2D eigenvalue weighted by Gasteiger charge is -2.38. The van der Waals surface area contributed by atoms with Crippen LogP contribution in [-0.2, 0) is 9.84 Å². The summed E-state index contributed by atoms with van der Waals surface area (Å²) >= 11 is 4.59. The number of sulfone groups is 1. The average Bonchev–Trinajstić information content (AvgIpc) is 2.58. The Kier molecular flexibility index (Phi) is 5.00. The fourth-order valence-corrected chi connectivity index (χ4v) is 4.92. The van der Waals surface area contributed by atoms with Gasteiger partial charge in [-0.05, 0) is 24.0 Å². The zero-order valence-corrected chi connectivity index (χ0v) is 12.8. The first-order valence-electron chi connectivity index (χ1n) is 7.09. The van der Waals surface area contributed by atoms with E-state index >= 15 is 0 Å². The molecule has 1 aliphatic carbocycles. The van der Waals surface area contributed by atoms with Crippen molar-refractivity contribution in [1.29, 1.82) is 0 Å². The Morgan fingerprint density at radius 1 is 1.00 bits per heavy atom. The van der Waals surface area contributed by atoms with Crippen molar-refractivity contribution < 1.29 is 8.42 Å². The third-order valence-corrected chi connectivity index (χ3v) is 6.78. The molecule has 0 aromatic heterocycles. The minimum absolute atomic E-state index is 0.334. The summed E-state index contributed by atoms with van der Waals surface area (Å²) in [6.45, 7) is 2.49. The van der Waals surface area contributed by atoms with Gasteiger partial charge >= 0.3 is 0 Å². The molecule has 0 aromatic rings. The predicted octanol–water partition coefficient (Wildman–Crippen LogP) is 1.99. The standard InChI is InChI=1S/C13H25NO2S2/c15-18(16)9-7-14(8-10-18)11-13(12-17)5-3-1-2-4-6-13/h17H,1-12H2. The van der Waals surface area contributed by atoms with Crippen LogP contribution in [0.25, 0.3) is 0 Å². The Morgan fingerprint density at radius 3 is 2.06 bits per heavy atom. The molecule has 106 valence electrons. The van der Waals surface area contributed by atoms with Crippen molar-refractivity contribution in [2.75, 3.05) is 36.9 Å². The predicted molar refractivity (Wildman–Crippen MR) is 79.1 cm³/mol. The quantitative estimate of drug-likeness (QED) is 0.638. The SMILES string of the molecule is O=S1(=O)CCN(CC2(CS)CCCCCC2)CC1. The topological polar surface area (TPSA) is 37.4 Å². The summed E-state index contributed by atoms with van der Waals surface area (Å²) in [5, 5.41) is 0. The molecule has 3 nitrogen and oxygen atoms in total. The Labute approximate surface area is 117 Å². The summed E-state index contributed by atoms with van der Waals surface area (Å²) in [6, 6.07) is 0. The zero-order chi connectivity index (χ0) is 13.1. The Balaban J connectivity index is 1.93. The van der Waals surface area contributed by atoms with Crippen LogP contribution in [0.15, 0.2) is 0 Å². The monoisotopic (exact) mass is 291 g/mol. The normalized spacial score (nSPS) is 28.7. The minimum Gasteiger partial charge on any atom is -0.301 e. The average molecular weight is 291 g/mol. The van der Waals surface area contributed by atoms with Gasteiger partial charge in [0.2, 0.25) is 0 Å². The molecule has 0 bridgehead atoms. The van der Waals surface area contributed by atoms with Gasteiger partial charge in [-0.25, -0.2) is 8.42 Å². The first kappa shape index (κ1) is 14.7. The van der Waals surface area contributed by atoms with Gasteiger partial charge in [-0.2, -0.15) is 12.6 Å². The fraction of sp³-hybridized carbons (Fsp3) is 1.00. The summed E-state index contributed by atoms with van der Waals surface area (Å²) in [5.74, 6) is 1.63. The molecule has 2 rings (SSSR count). The van der Waals surface area contributed by atoms with E-state index < -0.39 is 9.84 Å². The lowest BCUT2D eigenvalue weighted by atomic mass is 9.81. The van der Waals surface area contributed by atoms with Gasteiger partial charge in [-0.1, -0.05) is 25.7 Å². The summed E-state index contributed by atoms with van der Waals surface area (Å²) in [5.41, 5.74) is 0.334. The van der Waals surface area contributed by atoms with Crippen LogP contribution in [0.2, 0.25) is 0 Å². The van der Waals surface area contributed by atoms with E-state index in [0.717, 1.165) is 25.4 Å². The smallest absolute Gasteiger partial charge is 0.152 e. The lowest BCUT2D eigenvalue weighted by molar-refractivity contribution is 0.159. The highest BCUT2D eigenvalue weighted by molar-refractivity contribution is 7.91. The highest BCUT2D eigenvalue weighted by atomic mass is 32.2. The molecule has 0 aromatic carbocycles. The minimum atomic E-state index is -2.75. The van der Waals surface area contributed by atoms with Crippen LogP contribution in [0.3, 0.4) is 0 Å². The van der Waals surface area contributed by atoms with Crippen molar-refractivity contribution in [2.24, 2.45) is 5.41 Å². The van der Waals surface area contributed by atoms with Crippen molar-refractivity contribution in [2.45, 2.75) is 38.5 Å². The maximum absolute atomic E-state index is 11.5. The van der Waals surface area contributed by atoms with Crippen LogP contribution in [0.5, 0.6) is 0 Å². The summed E-state index contributed by atoms with van der Waals surface area (Å²) in [7, 11) is -2.75. The Bertz CT molecular complexity index is 345. The molecule has 0 spiro atoms. The van der Waals surface area contributed by atoms with E-state index in [-0.39, 0.29) is 0 Å². The maximum atomic E-state index is 11.5. The van der Waals surface area contributed by atoms with Gasteiger partial charge in [0.15, 0.2) is 9.84 Å². The van der Waals surface area contributed by atoms with Crippen molar-refractivity contribution in [3.63, 3.8) is 0 Å². The Morgan fingerprint density at radius 2 is 1.56 bits per heavy atom. The molecule has 1 aliphatic heterocycles. The molecular formula is C13H25NO2S2. The second-order valence-electron chi connectivity index (χ2n) is 6.00. The van der Waals surface area contributed by atoms with E-state index in [0.29, 0.717) is 16.9 Å². The largest absolute Gasteiger partial charge is 0.301 e. The van der Waals surface area contributed by atoms with Gasteiger partial charge < -0.3 is 4.90 Å². The second-order valence-corrected chi connectivity index (χ2v) is 8.62. The molecule has 0 N–H and O–H groups in total. The number of thiol groups is 1. The van der Waals surface area contributed by atoms with E-state index in [4.69, 9.17) is 0 Å². The van der Waals surface area contributed by atoms with Crippen LogP contribution < -0.4 is 0 Å². The van der Waals surface area contributed by atoms with Crippen molar-refractivity contribution in [3.8, 4) is 0 Å². The van der Waals surface area contributed by atoms with Crippen LogP contribution in [-0.4, -0.2) is 50.2 Å². The fourth-order valence-electron chi connectivity index (χ4n) is 3.23. The van der Waals surface area contributed by atoms with E-state index in [1.54, 1.807) is 0 Å². The first-order chi connectivity index (χ1) is 8.55. The van der Waals surface area contributed by atoms with E-state index in [1.807, 2.05) is 0 Å². The second kappa shape index (κ2) is 6.14. The highest BCUT2D eigenvalue weighted by Gasteiger charge is 2.33. The summed E-state index contributed by atoms with van der Waals surface area (Å²) in [6.07, 6.45) is 7.85. The molecule has 0 radical (unpaired) electrons. The molecule has 1 saturated heterocycles. The van der Waals surface area contributed by atoms with Crippen LogP contribution in [0.1, 0.15) is 38.5 Å². The van der Waals surface area contributed by atoms with Crippen molar-refractivity contribution in [3.05, 3.63) is 0 Å². The van der Waals surface area contributed by atoms with Crippen LogP contribution in [0.4, 0.5) is 0 Å². The molecule has 18 heavy (non-hydrogen) atoms. The molecule has 0 unspecified atom stereocenters. The molecule has 1 heterocycles. The van der Waals surface area contributed by atoms with Gasteiger partial charge in [0.1, 0.15) is 0 Å². The number of hydrogen-bond acceptors (Lipinski definition) is 4. The van der Waals surface area contributed by atoms with Gasteiger partial charge in [-0.3, -0.25) is 0 Å². The van der Waals surface area contributed by atoms with Gasteiger partial charge in [0, 0.05) is 19.6 Å². The van der Waals surface area contributed by atoms with Crippen molar-refractivity contribution >= 4 is 22.5 Å². The molecular weight excluding hydrogens is 266 g/mol. The molecule has 5 heteroatoms. The molecule has 0 atom stereocenters. The first-order valence-corrected chi connectivity index (χ1v) is 9.54. The lowest BCUT2D eigenvalue weighted by Crippen LogP contribution is -2.46. The molecule has 0 amide bonds. The van der Waals surface area contributed by atoms with Gasteiger partial charge in [0.05, 0.1) is 11.5 Å². The van der Waals surface area contributed by atoms with Gasteiger partial charge in [-0.15, -0.1) is 0 Å². The summed E-state index contributed by atoms with van der Waals surface area (Å²) in [4.78, 5) is 2.35. The third-order valence-electron chi connectivity index (χ3n) is 4.50. The molecule has 2 aliphatic rings. The molecule has 2 fully saturated rings.